The Morgan fingerprint density at radius 1 is 1.09 bits per heavy atom. The average Bonchev–Trinajstić information content (AvgIpc) is 3.76. The van der Waals surface area contributed by atoms with E-state index >= 15 is 0 Å². The SMILES string of the molecule is COc1cc(OC)c2c(c1Cl)OC1(C2=O)C(O)=C(C(CC(=O)NCC2c3c(cc4c(c3OC)OCO4)CCN2C)c2ccc(SC)cc2)C(=O)CC1C. The number of halogens is 1. The van der Waals surface area contributed by atoms with E-state index in [1.54, 1.807) is 25.8 Å². The van der Waals surface area contributed by atoms with E-state index in [4.69, 9.17) is 40.0 Å². The number of hydrogen-bond donors (Lipinski definition) is 2. The van der Waals surface area contributed by atoms with Gasteiger partial charge < -0.3 is 38.8 Å². The zero-order chi connectivity index (χ0) is 37.8. The van der Waals surface area contributed by atoms with Gasteiger partial charge >= 0.3 is 0 Å². The molecule has 0 fully saturated rings. The first-order chi connectivity index (χ1) is 25.5. The molecule has 4 unspecified atom stereocenters. The van der Waals surface area contributed by atoms with Crippen molar-refractivity contribution in [2.24, 2.45) is 5.92 Å². The van der Waals surface area contributed by atoms with Crippen LogP contribution < -0.4 is 33.7 Å². The summed E-state index contributed by atoms with van der Waals surface area (Å²) in [7, 11) is 6.39. The average molecular weight is 765 g/mol. The number of thioether (sulfide) groups is 1. The van der Waals surface area contributed by atoms with E-state index in [1.165, 1.54) is 20.3 Å². The van der Waals surface area contributed by atoms with Gasteiger partial charge in [-0.3, -0.25) is 19.3 Å². The van der Waals surface area contributed by atoms with Crippen LogP contribution in [0.15, 0.2) is 52.6 Å². The summed E-state index contributed by atoms with van der Waals surface area (Å²) in [4.78, 5) is 45.7. The Bertz CT molecular complexity index is 2040. The molecule has 0 radical (unpaired) electrons. The van der Waals surface area contributed by atoms with Crippen molar-refractivity contribution in [3.05, 3.63) is 75.0 Å². The summed E-state index contributed by atoms with van der Waals surface area (Å²) in [5.41, 5.74) is 0.573. The van der Waals surface area contributed by atoms with Crippen LogP contribution in [-0.4, -0.2) is 87.6 Å². The number of nitrogens with one attached hydrogen (secondary N) is 1. The monoisotopic (exact) mass is 764 g/mol. The minimum Gasteiger partial charge on any atom is -0.507 e. The zero-order valence-corrected chi connectivity index (χ0v) is 31.9. The van der Waals surface area contributed by atoms with Crippen LogP contribution >= 0.6 is 23.4 Å². The largest absolute Gasteiger partial charge is 0.507 e. The second kappa shape index (κ2) is 14.3. The third-order valence-corrected chi connectivity index (χ3v) is 11.9. The standard InChI is InChI=1S/C39H41ClN2O10S/c1-19-13-25(43)31(37(45)39(19)38(46)32-26(47-3)16-27(48-4)33(40)35(32)52-39)23(20-7-9-22(53-6)10-8-20)15-29(44)41-17-24-30-21(11-12-42(24)2)14-28-34(36(30)49-5)51-18-50-28/h7-10,14,16,19,23-24,45H,11-13,15,17-18H2,1-6H3,(H,41,44). The summed E-state index contributed by atoms with van der Waals surface area (Å²) in [6.45, 7) is 2.74. The van der Waals surface area contributed by atoms with Gasteiger partial charge in [0, 0.05) is 59.9 Å². The Morgan fingerprint density at radius 3 is 2.51 bits per heavy atom. The molecule has 1 aliphatic carbocycles. The van der Waals surface area contributed by atoms with Gasteiger partial charge in [0.25, 0.3) is 0 Å². The van der Waals surface area contributed by atoms with Crippen molar-refractivity contribution in [1.82, 2.24) is 10.2 Å². The smallest absolute Gasteiger partial charge is 0.231 e. The van der Waals surface area contributed by atoms with Crippen LogP contribution in [0.5, 0.6) is 34.5 Å². The van der Waals surface area contributed by atoms with Gasteiger partial charge in [-0.15, -0.1) is 11.8 Å². The number of ether oxygens (including phenoxy) is 6. The normalized spacial score (nSPS) is 22.3. The second-order valence-electron chi connectivity index (χ2n) is 13.6. The van der Waals surface area contributed by atoms with Gasteiger partial charge in [-0.25, -0.2) is 0 Å². The Balaban J connectivity index is 1.25. The number of methoxy groups -OCH3 is 3. The summed E-state index contributed by atoms with van der Waals surface area (Å²) in [6.07, 6.45) is 2.38. The van der Waals surface area contributed by atoms with Gasteiger partial charge in [0.1, 0.15) is 22.1 Å². The predicted molar refractivity (Wildman–Crippen MR) is 197 cm³/mol. The lowest BCUT2D eigenvalue weighted by atomic mass is 9.69. The van der Waals surface area contributed by atoms with E-state index in [0.29, 0.717) is 22.8 Å². The number of hydrogen-bond acceptors (Lipinski definition) is 12. The summed E-state index contributed by atoms with van der Waals surface area (Å²) < 4.78 is 34.5. The van der Waals surface area contributed by atoms with Gasteiger partial charge in [-0.2, -0.15) is 0 Å². The third-order valence-electron chi connectivity index (χ3n) is 10.8. The van der Waals surface area contributed by atoms with E-state index in [1.807, 2.05) is 43.6 Å². The molecule has 3 aromatic rings. The van der Waals surface area contributed by atoms with Crippen LogP contribution in [-0.2, 0) is 16.0 Å². The fourth-order valence-electron chi connectivity index (χ4n) is 8.01. The number of ketones is 2. The van der Waals surface area contributed by atoms with Crippen molar-refractivity contribution in [2.75, 3.05) is 54.5 Å². The Labute approximate surface area is 316 Å². The van der Waals surface area contributed by atoms with Gasteiger partial charge in [0.15, 0.2) is 28.8 Å². The number of rotatable bonds is 10. The first-order valence-corrected chi connectivity index (χ1v) is 18.8. The number of fused-ring (bicyclic) bond motifs is 3. The fourth-order valence-corrected chi connectivity index (χ4v) is 8.69. The second-order valence-corrected chi connectivity index (χ2v) is 14.8. The van der Waals surface area contributed by atoms with Gasteiger partial charge in [0.05, 0.1) is 27.4 Å². The van der Waals surface area contributed by atoms with Crippen LogP contribution in [0.4, 0.5) is 0 Å². The van der Waals surface area contributed by atoms with Crippen LogP contribution in [0.3, 0.4) is 0 Å². The molecule has 1 spiro atoms. The topological polar surface area (TPSA) is 142 Å². The maximum atomic E-state index is 14.5. The van der Waals surface area contributed by atoms with Crippen molar-refractivity contribution in [3.8, 4) is 34.5 Å². The van der Waals surface area contributed by atoms with Crippen molar-refractivity contribution in [1.29, 1.82) is 0 Å². The summed E-state index contributed by atoms with van der Waals surface area (Å²) in [6, 6.07) is 10.6. The minimum absolute atomic E-state index is 0.00602. The van der Waals surface area contributed by atoms with E-state index in [9.17, 15) is 19.5 Å². The number of aliphatic hydroxyl groups excluding tert-OH is 1. The summed E-state index contributed by atoms with van der Waals surface area (Å²) in [5, 5.41) is 15.4. The number of carbonyl (C=O) groups is 3. The lowest BCUT2D eigenvalue weighted by molar-refractivity contribution is -0.122. The predicted octanol–water partition coefficient (Wildman–Crippen LogP) is 6.07. The molecule has 3 heterocycles. The Morgan fingerprint density at radius 2 is 1.83 bits per heavy atom. The number of nitrogens with zero attached hydrogens (tertiary/aromatic N) is 1. The van der Waals surface area contributed by atoms with Crippen LogP contribution in [0.25, 0.3) is 0 Å². The van der Waals surface area contributed by atoms with Crippen molar-refractivity contribution in [3.63, 3.8) is 0 Å². The number of benzene rings is 3. The molecule has 0 saturated carbocycles. The molecule has 53 heavy (non-hydrogen) atoms. The van der Waals surface area contributed by atoms with E-state index in [-0.39, 0.29) is 71.5 Å². The molecule has 3 aromatic carbocycles. The number of amides is 1. The molecule has 0 bridgehead atoms. The molecule has 7 rings (SSSR count). The lowest BCUT2D eigenvalue weighted by Crippen LogP contribution is -2.53. The minimum atomic E-state index is -1.99. The molecule has 12 nitrogen and oxygen atoms in total. The summed E-state index contributed by atoms with van der Waals surface area (Å²) in [5.74, 6) is -1.50. The first-order valence-electron chi connectivity index (χ1n) is 17.2. The van der Waals surface area contributed by atoms with E-state index in [2.05, 4.69) is 10.2 Å². The van der Waals surface area contributed by atoms with E-state index in [0.717, 1.165) is 29.0 Å². The molecule has 4 atom stereocenters. The quantitative estimate of drug-likeness (QED) is 0.232. The molecular weight excluding hydrogens is 724 g/mol. The highest BCUT2D eigenvalue weighted by atomic mass is 35.5. The molecular formula is C39H41ClN2O10S. The van der Waals surface area contributed by atoms with Crippen LogP contribution in [0.2, 0.25) is 5.02 Å². The highest BCUT2D eigenvalue weighted by Crippen LogP contribution is 2.56. The molecule has 280 valence electrons. The molecule has 1 amide bonds. The highest BCUT2D eigenvalue weighted by molar-refractivity contribution is 7.98. The Kier molecular flexibility index (Phi) is 9.94. The number of likely N-dealkylation sites (N-methyl/N-ethyl adjacent to an activating group) is 1. The number of Topliss-reactive ketones (excluding diaryl/α,β-unsaturated/α-hetero) is 2. The zero-order valence-electron chi connectivity index (χ0n) is 30.3. The number of carbonyl (C=O) groups excluding carboxylic acids is 3. The van der Waals surface area contributed by atoms with Crippen LogP contribution in [0.1, 0.15) is 58.8 Å². The number of allylic oxidation sites excluding steroid dienone is 1. The molecule has 4 aliphatic rings. The van der Waals surface area contributed by atoms with Crippen molar-refractivity contribution in [2.45, 2.75) is 48.6 Å². The Hall–Kier alpha value is -4.59. The molecule has 3 aliphatic heterocycles. The van der Waals surface area contributed by atoms with Crippen molar-refractivity contribution >= 4 is 40.8 Å². The highest BCUT2D eigenvalue weighted by Gasteiger charge is 2.61. The molecule has 0 saturated heterocycles. The first kappa shape index (κ1) is 36.8. The third kappa shape index (κ3) is 5.93. The van der Waals surface area contributed by atoms with Gasteiger partial charge in [-0.1, -0.05) is 30.7 Å². The van der Waals surface area contributed by atoms with E-state index < -0.39 is 34.8 Å². The molecule has 0 aromatic heterocycles. The maximum Gasteiger partial charge on any atom is 0.231 e. The van der Waals surface area contributed by atoms with Crippen molar-refractivity contribution < 1.29 is 47.9 Å². The molecule has 14 heteroatoms. The molecule has 2 N–H and O–H groups in total. The lowest BCUT2D eigenvalue weighted by Gasteiger charge is -2.39. The summed E-state index contributed by atoms with van der Waals surface area (Å²) >= 11 is 8.20. The van der Waals surface area contributed by atoms with Gasteiger partial charge in [-0.05, 0) is 49.1 Å². The maximum absolute atomic E-state index is 14.5. The van der Waals surface area contributed by atoms with Gasteiger partial charge in [0.2, 0.25) is 29.8 Å². The fraction of sp³-hybridized carbons (Fsp3) is 0.410. The van der Waals surface area contributed by atoms with Crippen LogP contribution in [0, 0.1) is 5.92 Å². The number of aliphatic hydroxyl groups is 1.